The van der Waals surface area contributed by atoms with Gasteiger partial charge in [0.2, 0.25) is 5.91 Å². The summed E-state index contributed by atoms with van der Waals surface area (Å²) in [5.74, 6) is -0.0408. The molecule has 1 aromatic carbocycles. The van der Waals surface area contributed by atoms with Crippen molar-refractivity contribution in [2.75, 3.05) is 10.6 Å². The van der Waals surface area contributed by atoms with Gasteiger partial charge in [0, 0.05) is 24.3 Å². The monoisotopic (exact) mass is 276 g/mol. The first kappa shape index (κ1) is 14.9. The number of ether oxygens (including phenoxy) is 1. The molecule has 20 heavy (non-hydrogen) atoms. The number of hydrogen-bond acceptors (Lipinski definition) is 3. The Morgan fingerprint density at radius 1 is 1.25 bits per heavy atom. The molecule has 0 spiro atoms. The maximum absolute atomic E-state index is 11.1. The molecule has 0 aliphatic carbocycles. The van der Waals surface area contributed by atoms with Crippen molar-refractivity contribution in [2.45, 2.75) is 58.8 Å². The van der Waals surface area contributed by atoms with Crippen LogP contribution >= 0.6 is 0 Å². The van der Waals surface area contributed by atoms with E-state index in [2.05, 4.69) is 30.5 Å². The molecule has 1 aliphatic rings. The summed E-state index contributed by atoms with van der Waals surface area (Å²) in [6.45, 7) is 7.77. The Balaban J connectivity index is 2.03. The zero-order chi connectivity index (χ0) is 14.7. The van der Waals surface area contributed by atoms with Gasteiger partial charge < -0.3 is 15.4 Å². The summed E-state index contributed by atoms with van der Waals surface area (Å²) in [7, 11) is 0. The number of hydrogen-bond donors (Lipinski definition) is 2. The lowest BCUT2D eigenvalue weighted by molar-refractivity contribution is -0.114. The van der Waals surface area contributed by atoms with E-state index in [0.717, 1.165) is 29.8 Å². The van der Waals surface area contributed by atoms with E-state index >= 15 is 0 Å². The van der Waals surface area contributed by atoms with Crippen molar-refractivity contribution in [2.24, 2.45) is 0 Å². The molecule has 2 N–H and O–H groups in total. The number of aryl methyl sites for hydroxylation is 1. The second-order valence-corrected chi connectivity index (χ2v) is 5.78. The van der Waals surface area contributed by atoms with E-state index in [4.69, 9.17) is 4.74 Å². The third-order valence-corrected chi connectivity index (χ3v) is 3.61. The molecule has 2 unspecified atom stereocenters. The molecule has 1 fully saturated rings. The second kappa shape index (κ2) is 6.27. The number of amides is 1. The molecule has 1 aromatic rings. The van der Waals surface area contributed by atoms with Gasteiger partial charge in [0.05, 0.1) is 12.2 Å². The molecule has 0 bridgehead atoms. The quantitative estimate of drug-likeness (QED) is 0.890. The topological polar surface area (TPSA) is 50.4 Å². The molecule has 1 heterocycles. The van der Waals surface area contributed by atoms with Crippen LogP contribution in [0.5, 0.6) is 0 Å². The van der Waals surface area contributed by atoms with Crippen molar-refractivity contribution in [3.05, 3.63) is 23.8 Å². The Kier molecular flexibility index (Phi) is 4.65. The van der Waals surface area contributed by atoms with Crippen molar-refractivity contribution >= 4 is 17.3 Å². The highest BCUT2D eigenvalue weighted by Gasteiger charge is 2.24. The lowest BCUT2D eigenvalue weighted by Gasteiger charge is -2.33. The van der Waals surface area contributed by atoms with E-state index in [-0.39, 0.29) is 5.91 Å². The third-order valence-electron chi connectivity index (χ3n) is 3.61. The van der Waals surface area contributed by atoms with Crippen LogP contribution in [0.15, 0.2) is 18.2 Å². The van der Waals surface area contributed by atoms with E-state index in [1.54, 1.807) is 0 Å². The second-order valence-electron chi connectivity index (χ2n) is 5.78. The predicted molar refractivity (Wildman–Crippen MR) is 82.1 cm³/mol. The summed E-state index contributed by atoms with van der Waals surface area (Å²) in [6.07, 6.45) is 2.65. The SMILES string of the molecule is CC(=O)Nc1ccc(NC2CC(C)OC(C)C2)cc1C. The van der Waals surface area contributed by atoms with Gasteiger partial charge in [-0.2, -0.15) is 0 Å². The van der Waals surface area contributed by atoms with E-state index in [1.807, 2.05) is 19.1 Å². The van der Waals surface area contributed by atoms with Crippen molar-refractivity contribution in [1.82, 2.24) is 0 Å². The van der Waals surface area contributed by atoms with Crippen LogP contribution in [0.2, 0.25) is 0 Å². The lowest BCUT2D eigenvalue weighted by atomic mass is 9.99. The Bertz CT molecular complexity index is 477. The molecule has 1 amide bonds. The van der Waals surface area contributed by atoms with Gasteiger partial charge in [0.25, 0.3) is 0 Å². The number of nitrogens with one attached hydrogen (secondary N) is 2. The summed E-state index contributed by atoms with van der Waals surface area (Å²) in [4.78, 5) is 11.1. The Hall–Kier alpha value is -1.55. The minimum atomic E-state index is -0.0408. The van der Waals surface area contributed by atoms with Gasteiger partial charge in [-0.3, -0.25) is 4.79 Å². The summed E-state index contributed by atoms with van der Waals surface area (Å²) < 4.78 is 5.75. The zero-order valence-corrected chi connectivity index (χ0v) is 12.7. The molecular weight excluding hydrogens is 252 g/mol. The normalized spacial score (nSPS) is 26.1. The van der Waals surface area contributed by atoms with Gasteiger partial charge in [0.1, 0.15) is 0 Å². The first-order valence-corrected chi connectivity index (χ1v) is 7.24. The minimum absolute atomic E-state index is 0.0408. The highest BCUT2D eigenvalue weighted by Crippen LogP contribution is 2.25. The maximum Gasteiger partial charge on any atom is 0.221 e. The van der Waals surface area contributed by atoms with Crippen LogP contribution in [-0.4, -0.2) is 24.2 Å². The van der Waals surface area contributed by atoms with Crippen molar-refractivity contribution < 1.29 is 9.53 Å². The predicted octanol–water partition coefficient (Wildman–Crippen LogP) is 3.32. The fourth-order valence-electron chi connectivity index (χ4n) is 2.84. The number of anilines is 2. The molecular formula is C16H24N2O2. The van der Waals surface area contributed by atoms with Gasteiger partial charge in [-0.25, -0.2) is 0 Å². The van der Waals surface area contributed by atoms with Crippen molar-refractivity contribution in [3.63, 3.8) is 0 Å². The van der Waals surface area contributed by atoms with Crippen LogP contribution in [0.3, 0.4) is 0 Å². The fourth-order valence-corrected chi connectivity index (χ4v) is 2.84. The largest absolute Gasteiger partial charge is 0.382 e. The summed E-state index contributed by atoms with van der Waals surface area (Å²) in [6, 6.07) is 6.49. The van der Waals surface area contributed by atoms with Gasteiger partial charge >= 0.3 is 0 Å². The van der Waals surface area contributed by atoms with Crippen LogP contribution in [0.25, 0.3) is 0 Å². The van der Waals surface area contributed by atoms with Crippen LogP contribution in [0, 0.1) is 6.92 Å². The molecule has 1 saturated heterocycles. The Labute approximate surface area is 120 Å². The average Bonchev–Trinajstić information content (AvgIpc) is 2.31. The molecule has 0 aromatic heterocycles. The molecule has 4 heteroatoms. The molecule has 110 valence electrons. The number of carbonyl (C=O) groups is 1. The summed E-state index contributed by atoms with van der Waals surface area (Å²) in [5, 5.41) is 6.40. The third kappa shape index (κ3) is 3.97. The number of rotatable bonds is 3. The first-order valence-electron chi connectivity index (χ1n) is 7.24. The average molecular weight is 276 g/mol. The number of carbonyl (C=O) groups excluding carboxylic acids is 1. The van der Waals surface area contributed by atoms with Crippen molar-refractivity contribution in [3.8, 4) is 0 Å². The molecule has 0 saturated carbocycles. The zero-order valence-electron chi connectivity index (χ0n) is 12.7. The van der Waals surface area contributed by atoms with E-state index < -0.39 is 0 Å². The minimum Gasteiger partial charge on any atom is -0.382 e. The fraction of sp³-hybridized carbons (Fsp3) is 0.562. The smallest absolute Gasteiger partial charge is 0.221 e. The summed E-state index contributed by atoms with van der Waals surface area (Å²) in [5.41, 5.74) is 3.04. The Morgan fingerprint density at radius 2 is 1.90 bits per heavy atom. The van der Waals surface area contributed by atoms with Crippen LogP contribution in [0.1, 0.15) is 39.2 Å². The lowest BCUT2D eigenvalue weighted by Crippen LogP contribution is -2.36. The van der Waals surface area contributed by atoms with Gasteiger partial charge in [-0.15, -0.1) is 0 Å². The highest BCUT2D eigenvalue weighted by atomic mass is 16.5. The van der Waals surface area contributed by atoms with Crippen LogP contribution < -0.4 is 10.6 Å². The van der Waals surface area contributed by atoms with E-state index in [1.165, 1.54) is 6.92 Å². The maximum atomic E-state index is 11.1. The molecule has 2 rings (SSSR count). The highest BCUT2D eigenvalue weighted by molar-refractivity contribution is 5.89. The van der Waals surface area contributed by atoms with Crippen LogP contribution in [-0.2, 0) is 9.53 Å². The van der Waals surface area contributed by atoms with Crippen molar-refractivity contribution in [1.29, 1.82) is 0 Å². The number of benzene rings is 1. The molecule has 4 nitrogen and oxygen atoms in total. The van der Waals surface area contributed by atoms with E-state index in [9.17, 15) is 4.79 Å². The summed E-state index contributed by atoms with van der Waals surface area (Å²) >= 11 is 0. The molecule has 0 radical (unpaired) electrons. The molecule has 2 atom stereocenters. The standard InChI is InChI=1S/C16H24N2O2/c1-10-7-14(5-6-16(10)17-13(4)19)18-15-8-11(2)20-12(3)9-15/h5-7,11-12,15,18H,8-9H2,1-4H3,(H,17,19). The Morgan fingerprint density at radius 3 is 2.45 bits per heavy atom. The van der Waals surface area contributed by atoms with Gasteiger partial charge in [-0.05, 0) is 57.4 Å². The van der Waals surface area contributed by atoms with Gasteiger partial charge in [-0.1, -0.05) is 0 Å². The van der Waals surface area contributed by atoms with E-state index in [0.29, 0.717) is 18.2 Å². The van der Waals surface area contributed by atoms with Crippen LogP contribution in [0.4, 0.5) is 11.4 Å². The first-order chi connectivity index (χ1) is 9.44. The molecule has 1 aliphatic heterocycles. The van der Waals surface area contributed by atoms with Gasteiger partial charge in [0.15, 0.2) is 0 Å².